The minimum Gasteiger partial charge on any atom is -0.347 e. The van der Waals surface area contributed by atoms with Crippen molar-refractivity contribution in [2.24, 2.45) is 5.73 Å². The molecule has 0 rings (SSSR count). The summed E-state index contributed by atoms with van der Waals surface area (Å²) in [5.74, 6) is -1.06. The zero-order valence-electron chi connectivity index (χ0n) is 9.17. The zero-order chi connectivity index (χ0) is 11.1. The van der Waals surface area contributed by atoms with E-state index in [4.69, 9.17) is 5.73 Å². The monoisotopic (exact) mass is 200 g/mol. The molecular weight excluding hydrogens is 180 g/mol. The van der Waals surface area contributed by atoms with Crippen LogP contribution in [0.2, 0.25) is 0 Å². The van der Waals surface area contributed by atoms with Gasteiger partial charge >= 0.3 is 0 Å². The molecule has 0 spiro atoms. The van der Waals surface area contributed by atoms with Crippen LogP contribution >= 0.6 is 0 Å². The third-order valence-electron chi connectivity index (χ3n) is 2.15. The second kappa shape index (κ2) is 6.54. The van der Waals surface area contributed by atoms with E-state index in [1.807, 2.05) is 20.8 Å². The highest BCUT2D eigenvalue weighted by molar-refractivity contribution is 6.38. The summed E-state index contributed by atoms with van der Waals surface area (Å²) in [4.78, 5) is 22.6. The molecule has 0 fully saturated rings. The number of nitrogens with two attached hydrogens (primary N) is 1. The van der Waals surface area contributed by atoms with Crippen LogP contribution in [0.5, 0.6) is 0 Å². The lowest BCUT2D eigenvalue weighted by Gasteiger charge is -2.13. The van der Waals surface area contributed by atoms with Crippen LogP contribution in [0, 0.1) is 0 Å². The van der Waals surface area contributed by atoms with Gasteiger partial charge in [-0.05, 0) is 19.8 Å². The fraction of sp³-hybridized carbons (Fsp3) is 0.800. The maximum atomic E-state index is 11.3. The first-order valence-electron chi connectivity index (χ1n) is 5.13. The molecule has 0 radical (unpaired) electrons. The molecule has 2 atom stereocenters. The highest BCUT2D eigenvalue weighted by atomic mass is 16.2. The number of carbonyl (C=O) groups excluding carboxylic acids is 2. The number of ketones is 1. The van der Waals surface area contributed by atoms with Gasteiger partial charge in [-0.15, -0.1) is 0 Å². The Morgan fingerprint density at radius 3 is 2.36 bits per heavy atom. The highest BCUT2D eigenvalue weighted by Crippen LogP contribution is 1.96. The van der Waals surface area contributed by atoms with Gasteiger partial charge in [0.05, 0.1) is 6.04 Å². The SMILES string of the molecule is CCCC(N)C(=O)C(=O)N[C@@H](C)CC. The standard InChI is InChI=1S/C10H20N2O2/c1-4-6-8(11)9(13)10(14)12-7(3)5-2/h7-8H,4-6,11H2,1-3H3,(H,12,14)/t7-,8?/m0/s1. The average molecular weight is 200 g/mol. The topological polar surface area (TPSA) is 72.2 Å². The first kappa shape index (κ1) is 13.1. The third-order valence-corrected chi connectivity index (χ3v) is 2.15. The Morgan fingerprint density at radius 1 is 1.36 bits per heavy atom. The van der Waals surface area contributed by atoms with Gasteiger partial charge in [0, 0.05) is 6.04 Å². The van der Waals surface area contributed by atoms with Crippen molar-refractivity contribution < 1.29 is 9.59 Å². The van der Waals surface area contributed by atoms with E-state index in [9.17, 15) is 9.59 Å². The first-order valence-corrected chi connectivity index (χ1v) is 5.13. The number of Topliss-reactive ketones (excluding diaryl/α,β-unsaturated/α-hetero) is 1. The van der Waals surface area contributed by atoms with E-state index in [2.05, 4.69) is 5.32 Å². The molecule has 0 heterocycles. The lowest BCUT2D eigenvalue weighted by molar-refractivity contribution is -0.139. The van der Waals surface area contributed by atoms with Gasteiger partial charge in [0.1, 0.15) is 0 Å². The van der Waals surface area contributed by atoms with Gasteiger partial charge < -0.3 is 11.1 Å². The summed E-state index contributed by atoms with van der Waals surface area (Å²) in [6.45, 7) is 5.73. The van der Waals surface area contributed by atoms with Gasteiger partial charge in [-0.25, -0.2) is 0 Å². The summed E-state index contributed by atoms with van der Waals surface area (Å²) < 4.78 is 0. The minimum absolute atomic E-state index is 0.0280. The Kier molecular flexibility index (Phi) is 6.12. The molecule has 1 amide bonds. The summed E-state index contributed by atoms with van der Waals surface area (Å²) in [5.41, 5.74) is 5.54. The Hall–Kier alpha value is -0.900. The quantitative estimate of drug-likeness (QED) is 0.617. The van der Waals surface area contributed by atoms with Gasteiger partial charge in [0.15, 0.2) is 0 Å². The Labute approximate surface area is 85.2 Å². The van der Waals surface area contributed by atoms with Gasteiger partial charge in [0.2, 0.25) is 5.78 Å². The maximum Gasteiger partial charge on any atom is 0.289 e. The van der Waals surface area contributed by atoms with Crippen molar-refractivity contribution in [2.75, 3.05) is 0 Å². The zero-order valence-corrected chi connectivity index (χ0v) is 9.17. The number of hydrogen-bond donors (Lipinski definition) is 2. The van der Waals surface area contributed by atoms with Gasteiger partial charge in [-0.1, -0.05) is 20.3 Å². The van der Waals surface area contributed by atoms with E-state index in [1.54, 1.807) is 0 Å². The van der Waals surface area contributed by atoms with E-state index >= 15 is 0 Å². The predicted octanol–water partition coefficient (Wildman–Crippen LogP) is 0.598. The maximum absolute atomic E-state index is 11.3. The van der Waals surface area contributed by atoms with Crippen molar-refractivity contribution in [3.8, 4) is 0 Å². The molecule has 0 aromatic rings. The fourth-order valence-electron chi connectivity index (χ4n) is 1.01. The minimum atomic E-state index is -0.649. The molecular formula is C10H20N2O2. The summed E-state index contributed by atoms with van der Waals surface area (Å²) in [6, 6.07) is -0.621. The van der Waals surface area contributed by atoms with E-state index in [0.29, 0.717) is 6.42 Å². The Balaban J connectivity index is 4.05. The largest absolute Gasteiger partial charge is 0.347 e. The normalized spacial score (nSPS) is 14.6. The number of hydrogen-bond acceptors (Lipinski definition) is 3. The van der Waals surface area contributed by atoms with Crippen LogP contribution in [-0.4, -0.2) is 23.8 Å². The first-order chi connectivity index (χ1) is 6.52. The molecule has 0 saturated carbocycles. The molecule has 0 saturated heterocycles. The van der Waals surface area contributed by atoms with Crippen LogP contribution in [0.1, 0.15) is 40.0 Å². The summed E-state index contributed by atoms with van der Waals surface area (Å²) in [6.07, 6.45) is 2.18. The molecule has 0 aliphatic heterocycles. The van der Waals surface area contributed by atoms with Crippen molar-refractivity contribution in [1.29, 1.82) is 0 Å². The van der Waals surface area contributed by atoms with E-state index < -0.39 is 17.7 Å². The lowest BCUT2D eigenvalue weighted by Crippen LogP contribution is -2.45. The molecule has 0 aromatic heterocycles. The van der Waals surface area contributed by atoms with Crippen molar-refractivity contribution >= 4 is 11.7 Å². The molecule has 3 N–H and O–H groups in total. The summed E-state index contributed by atoms with van der Waals surface area (Å²) in [5, 5.41) is 2.60. The van der Waals surface area contributed by atoms with Crippen LogP contribution in [-0.2, 0) is 9.59 Å². The number of rotatable bonds is 6. The van der Waals surface area contributed by atoms with Gasteiger partial charge in [0.25, 0.3) is 5.91 Å². The fourth-order valence-corrected chi connectivity index (χ4v) is 1.01. The number of carbonyl (C=O) groups is 2. The average Bonchev–Trinajstić information content (AvgIpc) is 2.16. The summed E-state index contributed by atoms with van der Waals surface area (Å²) >= 11 is 0. The number of nitrogens with one attached hydrogen (secondary N) is 1. The second-order valence-electron chi connectivity index (χ2n) is 3.54. The van der Waals surface area contributed by atoms with Crippen molar-refractivity contribution in [1.82, 2.24) is 5.32 Å². The van der Waals surface area contributed by atoms with Crippen molar-refractivity contribution in [3.63, 3.8) is 0 Å². The van der Waals surface area contributed by atoms with Gasteiger partial charge in [-0.3, -0.25) is 9.59 Å². The van der Waals surface area contributed by atoms with Crippen LogP contribution < -0.4 is 11.1 Å². The lowest BCUT2D eigenvalue weighted by atomic mass is 10.1. The predicted molar refractivity (Wildman–Crippen MR) is 55.8 cm³/mol. The molecule has 0 aliphatic rings. The van der Waals surface area contributed by atoms with Crippen LogP contribution in [0.4, 0.5) is 0 Å². The smallest absolute Gasteiger partial charge is 0.289 e. The molecule has 0 aliphatic carbocycles. The van der Waals surface area contributed by atoms with Gasteiger partial charge in [-0.2, -0.15) is 0 Å². The molecule has 1 unspecified atom stereocenters. The Morgan fingerprint density at radius 2 is 1.93 bits per heavy atom. The molecule has 4 nitrogen and oxygen atoms in total. The molecule has 82 valence electrons. The molecule has 0 bridgehead atoms. The molecule has 14 heavy (non-hydrogen) atoms. The van der Waals surface area contributed by atoms with Crippen LogP contribution in [0.3, 0.4) is 0 Å². The molecule has 4 heteroatoms. The highest BCUT2D eigenvalue weighted by Gasteiger charge is 2.21. The van der Waals surface area contributed by atoms with Crippen LogP contribution in [0.25, 0.3) is 0 Å². The van der Waals surface area contributed by atoms with E-state index in [0.717, 1.165) is 12.8 Å². The third kappa shape index (κ3) is 4.37. The Bertz CT molecular complexity index is 204. The van der Waals surface area contributed by atoms with Crippen LogP contribution in [0.15, 0.2) is 0 Å². The summed E-state index contributed by atoms with van der Waals surface area (Å²) in [7, 11) is 0. The molecule has 0 aromatic carbocycles. The van der Waals surface area contributed by atoms with E-state index in [1.165, 1.54) is 0 Å². The van der Waals surface area contributed by atoms with Crippen molar-refractivity contribution in [3.05, 3.63) is 0 Å². The van der Waals surface area contributed by atoms with Crippen molar-refractivity contribution in [2.45, 2.75) is 52.1 Å². The second-order valence-corrected chi connectivity index (χ2v) is 3.54. The number of amides is 1. The van der Waals surface area contributed by atoms with E-state index in [-0.39, 0.29) is 6.04 Å².